The summed E-state index contributed by atoms with van der Waals surface area (Å²) in [4.78, 5) is 39.9. The van der Waals surface area contributed by atoms with E-state index in [1.54, 1.807) is 42.5 Å². The van der Waals surface area contributed by atoms with Crippen molar-refractivity contribution in [2.24, 2.45) is 0 Å². The van der Waals surface area contributed by atoms with E-state index in [0.29, 0.717) is 11.3 Å². The average Bonchev–Trinajstić information content (AvgIpc) is 3.09. The summed E-state index contributed by atoms with van der Waals surface area (Å²) in [6, 6.07) is 19.1. The van der Waals surface area contributed by atoms with Crippen molar-refractivity contribution in [3.63, 3.8) is 0 Å². The number of thioether (sulfide) groups is 1. The number of carbonyl (C=O) groups is 3. The van der Waals surface area contributed by atoms with Gasteiger partial charge in [0.2, 0.25) is 0 Å². The molecule has 3 aromatic carbocycles. The first kappa shape index (κ1) is 23.6. The lowest BCUT2D eigenvalue weighted by molar-refractivity contribution is -0.123. The highest BCUT2D eigenvalue weighted by Crippen LogP contribution is 2.38. The van der Waals surface area contributed by atoms with Gasteiger partial charge in [-0.05, 0) is 54.1 Å². The number of para-hydroxylation sites is 1. The predicted octanol–water partition coefficient (Wildman–Crippen LogP) is 6.11. The number of methoxy groups -OCH3 is 1. The lowest BCUT2D eigenvalue weighted by Crippen LogP contribution is -2.27. The van der Waals surface area contributed by atoms with Crippen molar-refractivity contribution in [2.75, 3.05) is 7.11 Å². The Labute approximate surface area is 206 Å². The van der Waals surface area contributed by atoms with Gasteiger partial charge in [-0.25, -0.2) is 4.79 Å². The molecule has 0 radical (unpaired) electrons. The second kappa shape index (κ2) is 10.2. The summed E-state index contributed by atoms with van der Waals surface area (Å²) in [5.41, 5.74) is 2.50. The molecule has 0 atom stereocenters. The molecule has 2 amide bonds. The van der Waals surface area contributed by atoms with Crippen LogP contribution in [0.1, 0.15) is 27.0 Å². The van der Waals surface area contributed by atoms with Crippen LogP contribution in [0.3, 0.4) is 0 Å². The minimum atomic E-state index is -0.669. The van der Waals surface area contributed by atoms with E-state index in [2.05, 4.69) is 0 Å². The van der Waals surface area contributed by atoms with Crippen LogP contribution < -0.4 is 9.47 Å². The number of hydrogen-bond donors (Lipinski definition) is 0. The summed E-state index contributed by atoms with van der Waals surface area (Å²) < 4.78 is 11.0. The standard InChI is InChI=1S/C26H20ClNO5S/c1-16-8-3-4-9-18(16)15-28-24(29)22(34-26(28)31)14-17-10-7-13-21(32-2)23(17)33-25(30)19-11-5-6-12-20(19)27/h3-14H,15H2,1-2H3/b22-14-. The number of benzene rings is 3. The molecular weight excluding hydrogens is 474 g/mol. The minimum Gasteiger partial charge on any atom is -0.493 e. The van der Waals surface area contributed by atoms with Crippen molar-refractivity contribution in [3.8, 4) is 11.5 Å². The van der Waals surface area contributed by atoms with Crippen LogP contribution in [0, 0.1) is 6.92 Å². The maximum Gasteiger partial charge on any atom is 0.345 e. The molecule has 34 heavy (non-hydrogen) atoms. The molecule has 0 N–H and O–H groups in total. The van der Waals surface area contributed by atoms with E-state index >= 15 is 0 Å². The van der Waals surface area contributed by atoms with Gasteiger partial charge >= 0.3 is 5.97 Å². The van der Waals surface area contributed by atoms with Gasteiger partial charge in [0.05, 0.1) is 29.1 Å². The zero-order valence-corrected chi connectivity index (χ0v) is 20.0. The van der Waals surface area contributed by atoms with Crippen LogP contribution in [0.2, 0.25) is 5.02 Å². The Kier molecular flexibility index (Phi) is 7.05. The molecule has 6 nitrogen and oxygen atoms in total. The smallest absolute Gasteiger partial charge is 0.345 e. The summed E-state index contributed by atoms with van der Waals surface area (Å²) >= 11 is 6.97. The first-order valence-electron chi connectivity index (χ1n) is 10.3. The Morgan fingerprint density at radius 3 is 2.50 bits per heavy atom. The molecule has 172 valence electrons. The maximum atomic E-state index is 13.0. The Hall–Kier alpha value is -3.55. The molecule has 1 saturated heterocycles. The van der Waals surface area contributed by atoms with Gasteiger partial charge in [-0.1, -0.05) is 60.1 Å². The second-order valence-corrected chi connectivity index (χ2v) is 8.84. The van der Waals surface area contributed by atoms with Crippen LogP contribution >= 0.6 is 23.4 Å². The van der Waals surface area contributed by atoms with Crippen LogP contribution in [0.4, 0.5) is 4.79 Å². The molecule has 3 aromatic rings. The molecule has 0 unspecified atom stereocenters. The van der Waals surface area contributed by atoms with Gasteiger partial charge in [-0.3, -0.25) is 14.5 Å². The summed E-state index contributed by atoms with van der Waals surface area (Å²) in [5.74, 6) is -0.657. The normalized spacial score (nSPS) is 14.6. The molecule has 1 fully saturated rings. The van der Waals surface area contributed by atoms with Gasteiger partial charge in [0.25, 0.3) is 11.1 Å². The van der Waals surface area contributed by atoms with Gasteiger partial charge in [0.1, 0.15) is 0 Å². The summed E-state index contributed by atoms with van der Waals surface area (Å²) in [5, 5.41) is -0.113. The third kappa shape index (κ3) is 4.85. The second-order valence-electron chi connectivity index (χ2n) is 7.44. The molecule has 1 aliphatic heterocycles. The maximum absolute atomic E-state index is 13.0. The fraction of sp³-hybridized carbons (Fsp3) is 0.115. The van der Waals surface area contributed by atoms with Crippen LogP contribution in [0.15, 0.2) is 71.6 Å². The number of hydrogen-bond acceptors (Lipinski definition) is 6. The number of esters is 1. The van der Waals surface area contributed by atoms with E-state index in [9.17, 15) is 14.4 Å². The summed E-state index contributed by atoms with van der Waals surface area (Å²) in [7, 11) is 1.45. The molecule has 0 aromatic heterocycles. The average molecular weight is 494 g/mol. The molecule has 8 heteroatoms. The van der Waals surface area contributed by atoms with Gasteiger partial charge in [-0.15, -0.1) is 0 Å². The van der Waals surface area contributed by atoms with Crippen molar-refractivity contribution in [2.45, 2.75) is 13.5 Å². The summed E-state index contributed by atoms with van der Waals surface area (Å²) in [6.45, 7) is 2.11. The number of amides is 2. The number of imide groups is 1. The molecule has 0 saturated carbocycles. The van der Waals surface area contributed by atoms with Gasteiger partial charge in [0.15, 0.2) is 11.5 Å². The van der Waals surface area contributed by atoms with Crippen molar-refractivity contribution in [1.82, 2.24) is 4.90 Å². The van der Waals surface area contributed by atoms with E-state index in [1.165, 1.54) is 18.1 Å². The Balaban J connectivity index is 1.65. The first-order valence-corrected chi connectivity index (χ1v) is 11.5. The molecule has 1 aliphatic rings. The van der Waals surface area contributed by atoms with Crippen molar-refractivity contribution in [3.05, 3.63) is 98.9 Å². The third-order valence-electron chi connectivity index (χ3n) is 5.27. The van der Waals surface area contributed by atoms with Gasteiger partial charge in [-0.2, -0.15) is 0 Å². The SMILES string of the molecule is COc1cccc(/C=C2\SC(=O)N(Cc3ccccc3C)C2=O)c1OC(=O)c1ccccc1Cl. The number of aryl methyl sites for hydroxylation is 1. The monoisotopic (exact) mass is 493 g/mol. The van der Waals surface area contributed by atoms with Crippen LogP contribution in [-0.2, 0) is 11.3 Å². The Bertz CT molecular complexity index is 1320. The molecule has 0 aliphatic carbocycles. The zero-order valence-electron chi connectivity index (χ0n) is 18.4. The van der Waals surface area contributed by atoms with E-state index in [4.69, 9.17) is 21.1 Å². The largest absolute Gasteiger partial charge is 0.493 e. The number of halogens is 1. The van der Waals surface area contributed by atoms with E-state index < -0.39 is 11.9 Å². The van der Waals surface area contributed by atoms with Gasteiger partial charge in [0, 0.05) is 5.56 Å². The fourth-order valence-corrected chi connectivity index (χ4v) is 4.47. The zero-order chi connectivity index (χ0) is 24.2. The van der Waals surface area contributed by atoms with Gasteiger partial charge < -0.3 is 9.47 Å². The lowest BCUT2D eigenvalue weighted by atomic mass is 10.1. The van der Waals surface area contributed by atoms with E-state index in [1.807, 2.05) is 31.2 Å². The number of rotatable bonds is 6. The minimum absolute atomic E-state index is 0.126. The number of carbonyl (C=O) groups excluding carboxylic acids is 3. The molecule has 0 spiro atoms. The predicted molar refractivity (Wildman–Crippen MR) is 132 cm³/mol. The number of ether oxygens (including phenoxy) is 2. The first-order chi connectivity index (χ1) is 16.4. The fourth-order valence-electron chi connectivity index (χ4n) is 3.43. The van der Waals surface area contributed by atoms with Crippen LogP contribution in [0.25, 0.3) is 6.08 Å². The topological polar surface area (TPSA) is 72.9 Å². The quantitative estimate of drug-likeness (QED) is 0.234. The molecular formula is C26H20ClNO5S. The number of nitrogens with zero attached hydrogens (tertiary/aromatic N) is 1. The van der Waals surface area contributed by atoms with Crippen molar-refractivity contribution in [1.29, 1.82) is 0 Å². The molecule has 0 bridgehead atoms. The third-order valence-corrected chi connectivity index (χ3v) is 6.50. The van der Waals surface area contributed by atoms with Crippen LogP contribution in [0.5, 0.6) is 11.5 Å². The highest BCUT2D eigenvalue weighted by molar-refractivity contribution is 8.18. The highest BCUT2D eigenvalue weighted by atomic mass is 35.5. The Morgan fingerprint density at radius 2 is 1.76 bits per heavy atom. The molecule has 1 heterocycles. The van der Waals surface area contributed by atoms with Crippen LogP contribution in [-0.4, -0.2) is 29.1 Å². The Morgan fingerprint density at radius 1 is 1.03 bits per heavy atom. The molecule has 4 rings (SSSR count). The van der Waals surface area contributed by atoms with E-state index in [0.717, 1.165) is 22.9 Å². The van der Waals surface area contributed by atoms with Crippen molar-refractivity contribution >= 4 is 46.6 Å². The highest BCUT2D eigenvalue weighted by Gasteiger charge is 2.35. The lowest BCUT2D eigenvalue weighted by Gasteiger charge is -2.14. The van der Waals surface area contributed by atoms with E-state index in [-0.39, 0.29) is 33.0 Å². The summed E-state index contributed by atoms with van der Waals surface area (Å²) in [6.07, 6.45) is 1.53. The van der Waals surface area contributed by atoms with Crippen molar-refractivity contribution < 1.29 is 23.9 Å².